The summed E-state index contributed by atoms with van der Waals surface area (Å²) in [6.45, 7) is -0.709. The Morgan fingerprint density at radius 2 is 1.97 bits per heavy atom. The van der Waals surface area contributed by atoms with Gasteiger partial charge in [-0.2, -0.15) is 0 Å². The first-order valence-corrected chi connectivity index (χ1v) is 13.0. The molecule has 1 unspecified atom stereocenters. The number of aromatic nitrogens is 2. The van der Waals surface area contributed by atoms with Crippen molar-refractivity contribution in [1.29, 1.82) is 0 Å². The number of aliphatic hydroxyl groups excluding tert-OH is 1. The fraction of sp³-hybridized carbons (Fsp3) is 0.522. The minimum Gasteiger partial charge on any atom is -0.463 e. The van der Waals surface area contributed by atoms with E-state index in [1.165, 1.54) is 31.2 Å². The number of H-pyrrole nitrogens is 1. The van der Waals surface area contributed by atoms with E-state index in [0.29, 0.717) is 4.57 Å². The van der Waals surface area contributed by atoms with Gasteiger partial charge in [-0.1, -0.05) is 25.1 Å². The van der Waals surface area contributed by atoms with E-state index in [0.717, 1.165) is 12.3 Å². The second kappa shape index (κ2) is 11.7. The number of halogens is 2. The van der Waals surface area contributed by atoms with Crippen molar-refractivity contribution in [3.05, 3.63) is 63.4 Å². The van der Waals surface area contributed by atoms with Crippen LogP contribution in [-0.4, -0.2) is 64.0 Å². The van der Waals surface area contributed by atoms with Gasteiger partial charge in [0.1, 0.15) is 24.6 Å². The van der Waals surface area contributed by atoms with Crippen molar-refractivity contribution in [1.82, 2.24) is 9.55 Å². The lowest BCUT2D eigenvalue weighted by atomic mass is 9.97. The molecule has 2 aromatic rings. The van der Waals surface area contributed by atoms with E-state index < -0.39 is 80.3 Å². The number of esters is 1. The Morgan fingerprint density at radius 1 is 1.30 bits per heavy atom. The third kappa shape index (κ3) is 6.72. The minimum atomic E-state index is -4.65. The van der Waals surface area contributed by atoms with Gasteiger partial charge < -0.3 is 19.1 Å². The van der Waals surface area contributed by atoms with Crippen molar-refractivity contribution >= 4 is 13.6 Å². The molecule has 1 fully saturated rings. The molecule has 11 nitrogen and oxygen atoms in total. The maximum atomic E-state index is 15.7. The highest BCUT2D eigenvalue weighted by molar-refractivity contribution is 7.54. The lowest BCUT2D eigenvalue weighted by Gasteiger charge is -2.26. The normalized spacial score (nSPS) is 27.2. The molecule has 204 valence electrons. The van der Waals surface area contributed by atoms with Gasteiger partial charge in [-0.05, 0) is 26.0 Å². The Bertz CT molecular complexity index is 1330. The molecule has 1 aliphatic rings. The maximum absolute atomic E-state index is 15.7. The van der Waals surface area contributed by atoms with Crippen LogP contribution in [-0.2, 0) is 23.4 Å². The Labute approximate surface area is 213 Å². The predicted molar refractivity (Wildman–Crippen MR) is 127 cm³/mol. The molecular formula is C23H29F2N2O9P. The average Bonchev–Trinajstić information content (AvgIpc) is 3.10. The summed E-state index contributed by atoms with van der Waals surface area (Å²) < 4.78 is 81.7. The number of para-hydroxylation sites is 1. The first-order chi connectivity index (χ1) is 18.1. The number of rotatable bonds is 11. The van der Waals surface area contributed by atoms with E-state index in [1.807, 2.05) is 4.98 Å². The van der Waals surface area contributed by atoms with Crippen molar-refractivity contribution in [3.8, 4) is 5.75 Å². The van der Waals surface area contributed by atoms with Gasteiger partial charge in [-0.25, -0.2) is 18.1 Å². The van der Waals surface area contributed by atoms with Gasteiger partial charge in [0.25, 0.3) is 5.56 Å². The summed E-state index contributed by atoms with van der Waals surface area (Å²) in [5, 5.41) is 10.6. The number of alkyl halides is 2. The van der Waals surface area contributed by atoms with Gasteiger partial charge in [0.05, 0.1) is 27.5 Å². The molecule has 0 saturated carbocycles. The zero-order valence-corrected chi connectivity index (χ0v) is 21.1. The minimum absolute atomic E-state index is 0.0183. The number of hydrogen-bond donors (Lipinski definition) is 2. The molecule has 6 atom stereocenters. The number of carbonyl (C=O) groups excluding carboxylic acids is 1. The highest BCUT2D eigenvalue weighted by Crippen LogP contribution is 2.51. The van der Waals surface area contributed by atoms with E-state index in [4.69, 9.17) is 21.3 Å². The number of benzene rings is 1. The molecule has 0 amide bonds. The number of hydrogen-bond acceptors (Lipinski definition) is 9. The number of ether oxygens (including phenoxy) is 2. The van der Waals surface area contributed by atoms with Gasteiger partial charge in [0, 0.05) is 12.3 Å². The van der Waals surface area contributed by atoms with Crippen LogP contribution in [0.4, 0.5) is 8.78 Å². The second-order valence-electron chi connectivity index (χ2n) is 8.73. The fourth-order valence-corrected chi connectivity index (χ4v) is 5.21. The Balaban J connectivity index is 1.96. The number of nitrogens with zero attached hydrogens (tertiary/aromatic N) is 1. The van der Waals surface area contributed by atoms with E-state index in [-0.39, 0.29) is 5.75 Å². The summed E-state index contributed by atoms with van der Waals surface area (Å²) in [4.78, 5) is 37.8. The van der Waals surface area contributed by atoms with Crippen molar-refractivity contribution in [2.45, 2.75) is 51.0 Å². The summed E-state index contributed by atoms with van der Waals surface area (Å²) >= 11 is 0. The lowest BCUT2D eigenvalue weighted by molar-refractivity contribution is -0.151. The number of nitrogens with one attached hydrogen (secondary N) is 1. The molecule has 0 spiro atoms. The zero-order valence-electron chi connectivity index (χ0n) is 22.2. The van der Waals surface area contributed by atoms with Crippen LogP contribution in [0.1, 0.15) is 29.7 Å². The lowest BCUT2D eigenvalue weighted by Crippen LogP contribution is -2.47. The van der Waals surface area contributed by atoms with Crippen molar-refractivity contribution in [3.63, 3.8) is 0 Å². The Morgan fingerprint density at radius 3 is 2.57 bits per heavy atom. The Kier molecular flexibility index (Phi) is 8.14. The maximum Gasteiger partial charge on any atom is 0.380 e. The molecule has 3 rings (SSSR count). The molecule has 0 bridgehead atoms. The summed E-state index contributed by atoms with van der Waals surface area (Å²) in [5.41, 5.74) is -5.44. The van der Waals surface area contributed by atoms with Crippen LogP contribution in [0.25, 0.3) is 0 Å². The van der Waals surface area contributed by atoms with Gasteiger partial charge in [0.15, 0.2) is 6.23 Å². The molecule has 1 saturated heterocycles. The Hall–Kier alpha value is -2.86. The molecule has 0 radical (unpaired) electrons. The van der Waals surface area contributed by atoms with Crippen LogP contribution in [0.2, 0.25) is 0 Å². The third-order valence-electron chi connectivity index (χ3n) is 5.32. The molecular weight excluding hydrogens is 517 g/mol. The first kappa shape index (κ1) is 25.8. The number of aromatic amines is 1. The van der Waals surface area contributed by atoms with Crippen LogP contribution >= 0.6 is 7.60 Å². The standard InChI is InChI=1S/C23H29F2N2O9P/c1-14(2)34-20(30)15(3)12-37(32,36-16-7-5-4-6-8-16)33-11-17-19(29)23(25,13-24)21(35-17)27-10-9-18(28)26-22(27)31/h4-10,14-15,17,19,21,29H,11-13H2,1-3H3,(H,26,28,31)/t15-,17-,19+,21-,23?,37+/m1/s1/i11D2. The largest absolute Gasteiger partial charge is 0.463 e. The molecule has 0 aliphatic carbocycles. The smallest absolute Gasteiger partial charge is 0.380 e. The summed E-state index contributed by atoms with van der Waals surface area (Å²) in [6, 6.07) is 8.27. The molecule has 1 aliphatic heterocycles. The molecule has 2 heterocycles. The van der Waals surface area contributed by atoms with Crippen LogP contribution < -0.4 is 15.8 Å². The monoisotopic (exact) mass is 548 g/mol. The number of carbonyl (C=O) groups is 1. The van der Waals surface area contributed by atoms with Crippen LogP contribution in [0.15, 0.2) is 52.2 Å². The molecule has 1 aromatic heterocycles. The van der Waals surface area contributed by atoms with Crippen LogP contribution in [0.5, 0.6) is 5.75 Å². The quantitative estimate of drug-likeness (QED) is 0.319. The fourth-order valence-electron chi connectivity index (χ4n) is 3.50. The molecule has 2 N–H and O–H groups in total. The first-order valence-electron chi connectivity index (χ1n) is 12.3. The zero-order chi connectivity index (χ0) is 29.2. The van der Waals surface area contributed by atoms with Crippen molar-refractivity contribution in [2.75, 3.05) is 19.4 Å². The van der Waals surface area contributed by atoms with E-state index >= 15 is 4.39 Å². The number of aliphatic hydroxyl groups is 1. The topological polar surface area (TPSA) is 146 Å². The van der Waals surface area contributed by atoms with Gasteiger partial charge in [-0.15, -0.1) is 0 Å². The van der Waals surface area contributed by atoms with E-state index in [1.54, 1.807) is 19.9 Å². The van der Waals surface area contributed by atoms with E-state index in [2.05, 4.69) is 0 Å². The van der Waals surface area contributed by atoms with E-state index in [9.17, 15) is 28.4 Å². The third-order valence-corrected chi connectivity index (χ3v) is 7.19. The molecule has 1 aromatic carbocycles. The van der Waals surface area contributed by atoms with Crippen LogP contribution in [0.3, 0.4) is 0 Å². The second-order valence-corrected chi connectivity index (χ2v) is 10.7. The predicted octanol–water partition coefficient (Wildman–Crippen LogP) is 2.35. The highest BCUT2D eigenvalue weighted by Gasteiger charge is 2.59. The van der Waals surface area contributed by atoms with Crippen molar-refractivity contribution < 1.29 is 44.5 Å². The molecule has 14 heteroatoms. The molecule has 37 heavy (non-hydrogen) atoms. The van der Waals surface area contributed by atoms with Crippen LogP contribution in [0, 0.1) is 5.92 Å². The SMILES string of the molecule is [2H]C([2H])(O[P@@](=O)(C[C@@H](C)C(=O)OC(C)C)Oc1ccccc1)[C@H]1O[C@@H](n2ccc(=O)[nH]c2=O)C(F)(CF)[C@H]1O. The summed E-state index contributed by atoms with van der Waals surface area (Å²) in [5.74, 6) is -1.91. The van der Waals surface area contributed by atoms with Gasteiger partial charge in [0.2, 0.25) is 5.67 Å². The van der Waals surface area contributed by atoms with Gasteiger partial charge in [-0.3, -0.25) is 23.7 Å². The summed E-state index contributed by atoms with van der Waals surface area (Å²) in [6.07, 6.45) is -7.56. The highest BCUT2D eigenvalue weighted by atomic mass is 31.2. The van der Waals surface area contributed by atoms with Gasteiger partial charge >= 0.3 is 19.3 Å². The summed E-state index contributed by atoms with van der Waals surface area (Å²) in [7, 11) is -4.65. The average molecular weight is 548 g/mol. The van der Waals surface area contributed by atoms with Crippen molar-refractivity contribution in [2.24, 2.45) is 5.92 Å².